The van der Waals surface area contributed by atoms with Crippen molar-refractivity contribution in [2.75, 3.05) is 18.4 Å². The average Bonchev–Trinajstić information content (AvgIpc) is 3.11. The van der Waals surface area contributed by atoms with Gasteiger partial charge in [-0.3, -0.25) is 9.59 Å². The zero-order valence-electron chi connectivity index (χ0n) is 14.3. The summed E-state index contributed by atoms with van der Waals surface area (Å²) < 4.78 is 4.30. The summed E-state index contributed by atoms with van der Waals surface area (Å²) in [6.45, 7) is 3.31. The number of likely N-dealkylation sites (tertiary alicyclic amines) is 1. The molecule has 1 N–H and O–H groups in total. The van der Waals surface area contributed by atoms with Crippen molar-refractivity contribution < 1.29 is 9.59 Å². The van der Waals surface area contributed by atoms with Gasteiger partial charge in [0.15, 0.2) is 5.82 Å². The van der Waals surface area contributed by atoms with E-state index in [1.807, 2.05) is 42.2 Å². The van der Waals surface area contributed by atoms with Crippen molar-refractivity contribution in [3.8, 4) is 11.4 Å². The zero-order valence-corrected chi connectivity index (χ0v) is 15.1. The molecule has 1 aromatic carbocycles. The van der Waals surface area contributed by atoms with Gasteiger partial charge >= 0.3 is 0 Å². The molecule has 3 rings (SSSR count). The minimum absolute atomic E-state index is 0.0293. The number of hydrogen-bond donors (Lipinski definition) is 1. The summed E-state index contributed by atoms with van der Waals surface area (Å²) in [5, 5.41) is 3.40. The molecule has 0 unspecified atom stereocenters. The van der Waals surface area contributed by atoms with Gasteiger partial charge < -0.3 is 10.2 Å². The zero-order chi connectivity index (χ0) is 17.6. The molecule has 2 aromatic rings. The standard InChI is InChI=1S/C18H22N4O2S/c1-2-6-15(23)22-11-9-14(10-12-22)17(24)20-18-19-16(21-25-18)13-7-4-3-5-8-13/h3-5,7-8,14H,2,6,9-12H2,1H3,(H,19,20,21,24). The molecule has 1 aromatic heterocycles. The number of anilines is 1. The van der Waals surface area contributed by atoms with E-state index in [0.717, 1.165) is 12.0 Å². The number of benzene rings is 1. The maximum absolute atomic E-state index is 12.4. The summed E-state index contributed by atoms with van der Waals surface area (Å²) in [4.78, 5) is 30.6. The molecule has 7 heteroatoms. The highest BCUT2D eigenvalue weighted by Gasteiger charge is 2.27. The molecular weight excluding hydrogens is 336 g/mol. The second-order valence-corrected chi connectivity index (χ2v) is 6.94. The van der Waals surface area contributed by atoms with Gasteiger partial charge in [-0.05, 0) is 19.3 Å². The second-order valence-electron chi connectivity index (χ2n) is 6.18. The summed E-state index contributed by atoms with van der Waals surface area (Å²) >= 11 is 1.19. The molecule has 1 aliphatic rings. The SMILES string of the molecule is CCCC(=O)N1CCC(C(=O)Nc2nc(-c3ccccc3)ns2)CC1. The fraction of sp³-hybridized carbons (Fsp3) is 0.444. The lowest BCUT2D eigenvalue weighted by Crippen LogP contribution is -2.41. The van der Waals surface area contributed by atoms with Crippen LogP contribution >= 0.6 is 11.5 Å². The number of hydrogen-bond acceptors (Lipinski definition) is 5. The number of rotatable bonds is 5. The van der Waals surface area contributed by atoms with Crippen LogP contribution in [0.15, 0.2) is 30.3 Å². The molecule has 2 amide bonds. The van der Waals surface area contributed by atoms with Crippen molar-refractivity contribution >= 4 is 28.5 Å². The third-order valence-electron chi connectivity index (χ3n) is 4.37. The lowest BCUT2D eigenvalue weighted by atomic mass is 9.96. The molecule has 1 saturated heterocycles. The van der Waals surface area contributed by atoms with Gasteiger partial charge in [0.25, 0.3) is 0 Å². The third kappa shape index (κ3) is 4.42. The smallest absolute Gasteiger partial charge is 0.229 e. The summed E-state index contributed by atoms with van der Waals surface area (Å²) in [5.74, 6) is 0.715. The molecule has 6 nitrogen and oxygen atoms in total. The van der Waals surface area contributed by atoms with E-state index in [-0.39, 0.29) is 17.7 Å². The van der Waals surface area contributed by atoms with E-state index in [2.05, 4.69) is 14.7 Å². The van der Waals surface area contributed by atoms with Gasteiger partial charge in [0, 0.05) is 42.5 Å². The molecule has 25 heavy (non-hydrogen) atoms. The van der Waals surface area contributed by atoms with E-state index in [0.29, 0.717) is 43.3 Å². The number of nitrogens with zero attached hydrogens (tertiary/aromatic N) is 3. The molecule has 2 heterocycles. The van der Waals surface area contributed by atoms with Crippen LogP contribution in [0, 0.1) is 5.92 Å². The molecule has 0 saturated carbocycles. The number of aromatic nitrogens is 2. The van der Waals surface area contributed by atoms with Gasteiger partial charge in [-0.1, -0.05) is 37.3 Å². The first-order valence-electron chi connectivity index (χ1n) is 8.65. The second kappa shape index (κ2) is 8.20. The Hall–Kier alpha value is -2.28. The van der Waals surface area contributed by atoms with Crippen molar-refractivity contribution in [2.45, 2.75) is 32.6 Å². The van der Waals surface area contributed by atoms with E-state index < -0.39 is 0 Å². The summed E-state index contributed by atoms with van der Waals surface area (Å²) in [6.07, 6.45) is 2.85. The molecule has 1 fully saturated rings. The van der Waals surface area contributed by atoms with Gasteiger partial charge in [0.2, 0.25) is 16.9 Å². The number of nitrogens with one attached hydrogen (secondary N) is 1. The van der Waals surface area contributed by atoms with Crippen molar-refractivity contribution in [1.29, 1.82) is 0 Å². The fourth-order valence-electron chi connectivity index (χ4n) is 2.95. The van der Waals surface area contributed by atoms with Gasteiger partial charge in [0.1, 0.15) is 0 Å². The molecule has 0 radical (unpaired) electrons. The van der Waals surface area contributed by atoms with E-state index in [1.54, 1.807) is 0 Å². The highest BCUT2D eigenvalue weighted by molar-refractivity contribution is 7.10. The Morgan fingerprint density at radius 1 is 1.24 bits per heavy atom. The van der Waals surface area contributed by atoms with Crippen molar-refractivity contribution in [2.24, 2.45) is 5.92 Å². The Labute approximate surface area is 151 Å². The van der Waals surface area contributed by atoms with Crippen LogP contribution in [0.3, 0.4) is 0 Å². The van der Waals surface area contributed by atoms with Gasteiger partial charge in [-0.25, -0.2) is 0 Å². The molecule has 1 aliphatic heterocycles. The van der Waals surface area contributed by atoms with Crippen LogP contribution in [0.4, 0.5) is 5.13 Å². The van der Waals surface area contributed by atoms with E-state index in [1.165, 1.54) is 11.5 Å². The quantitative estimate of drug-likeness (QED) is 0.891. The number of carbonyl (C=O) groups is 2. The first kappa shape index (κ1) is 17.5. The highest BCUT2D eigenvalue weighted by Crippen LogP contribution is 2.23. The Bertz CT molecular complexity index is 724. The van der Waals surface area contributed by atoms with Crippen molar-refractivity contribution in [3.05, 3.63) is 30.3 Å². The fourth-order valence-corrected chi connectivity index (χ4v) is 3.54. The first-order chi connectivity index (χ1) is 12.2. The minimum Gasteiger partial charge on any atom is -0.343 e. The van der Waals surface area contributed by atoms with Crippen LogP contribution in [0.2, 0.25) is 0 Å². The molecule has 0 bridgehead atoms. The largest absolute Gasteiger partial charge is 0.343 e. The van der Waals surface area contributed by atoms with E-state index in [9.17, 15) is 9.59 Å². The van der Waals surface area contributed by atoms with E-state index in [4.69, 9.17) is 0 Å². The van der Waals surface area contributed by atoms with Gasteiger partial charge in [0.05, 0.1) is 0 Å². The summed E-state index contributed by atoms with van der Waals surface area (Å²) in [6, 6.07) is 9.69. The Morgan fingerprint density at radius 2 is 1.96 bits per heavy atom. The van der Waals surface area contributed by atoms with Crippen LogP contribution in [0.1, 0.15) is 32.6 Å². The molecular formula is C18H22N4O2S. The van der Waals surface area contributed by atoms with Gasteiger partial charge in [-0.2, -0.15) is 9.36 Å². The first-order valence-corrected chi connectivity index (χ1v) is 9.42. The predicted molar refractivity (Wildman–Crippen MR) is 98.2 cm³/mol. The molecule has 0 spiro atoms. The van der Waals surface area contributed by atoms with Crippen LogP contribution in [-0.4, -0.2) is 39.2 Å². The molecule has 0 aliphatic carbocycles. The predicted octanol–water partition coefficient (Wildman–Crippen LogP) is 3.18. The number of amides is 2. The topological polar surface area (TPSA) is 75.2 Å². The summed E-state index contributed by atoms with van der Waals surface area (Å²) in [5.41, 5.74) is 0.932. The molecule has 0 atom stereocenters. The Morgan fingerprint density at radius 3 is 2.64 bits per heavy atom. The monoisotopic (exact) mass is 358 g/mol. The van der Waals surface area contributed by atoms with E-state index >= 15 is 0 Å². The van der Waals surface area contributed by atoms with Gasteiger partial charge in [-0.15, -0.1) is 0 Å². The maximum atomic E-state index is 12.4. The van der Waals surface area contributed by atoms with Crippen LogP contribution in [0.5, 0.6) is 0 Å². The highest BCUT2D eigenvalue weighted by atomic mass is 32.1. The van der Waals surface area contributed by atoms with Crippen LogP contribution in [0.25, 0.3) is 11.4 Å². The normalized spacial score (nSPS) is 15.2. The average molecular weight is 358 g/mol. The Kier molecular flexibility index (Phi) is 5.75. The van der Waals surface area contributed by atoms with Crippen LogP contribution < -0.4 is 5.32 Å². The number of carbonyl (C=O) groups excluding carboxylic acids is 2. The van der Waals surface area contributed by atoms with Crippen LogP contribution in [-0.2, 0) is 9.59 Å². The maximum Gasteiger partial charge on any atom is 0.229 e. The number of piperidine rings is 1. The Balaban J connectivity index is 1.54. The lowest BCUT2D eigenvalue weighted by molar-refractivity contribution is -0.134. The molecule has 132 valence electrons. The minimum atomic E-state index is -0.0743. The van der Waals surface area contributed by atoms with Crippen molar-refractivity contribution in [3.63, 3.8) is 0 Å². The summed E-state index contributed by atoms with van der Waals surface area (Å²) in [7, 11) is 0. The van der Waals surface area contributed by atoms with Crippen molar-refractivity contribution in [1.82, 2.24) is 14.3 Å². The third-order valence-corrected chi connectivity index (χ3v) is 5.00. The lowest BCUT2D eigenvalue weighted by Gasteiger charge is -2.31.